The van der Waals surface area contributed by atoms with Crippen molar-refractivity contribution < 1.29 is 24.2 Å². The Labute approximate surface area is 216 Å². The molecule has 1 fully saturated rings. The molecule has 37 heavy (non-hydrogen) atoms. The fourth-order valence-corrected chi connectivity index (χ4v) is 4.56. The summed E-state index contributed by atoms with van der Waals surface area (Å²) in [6.45, 7) is 7.50. The van der Waals surface area contributed by atoms with Crippen LogP contribution < -0.4 is 15.0 Å². The van der Waals surface area contributed by atoms with E-state index in [2.05, 4.69) is 5.32 Å². The van der Waals surface area contributed by atoms with Gasteiger partial charge in [0.15, 0.2) is 0 Å². The van der Waals surface area contributed by atoms with Crippen molar-refractivity contribution in [3.8, 4) is 5.75 Å². The first kappa shape index (κ1) is 25.7. The summed E-state index contributed by atoms with van der Waals surface area (Å²) in [6, 6.07) is 20.2. The Kier molecular flexibility index (Phi) is 6.90. The average molecular weight is 499 g/mol. The molecule has 1 aliphatic heterocycles. The number of hydrogen-bond acceptors (Lipinski definition) is 5. The van der Waals surface area contributed by atoms with Gasteiger partial charge in [0, 0.05) is 29.4 Å². The highest BCUT2D eigenvalue weighted by Gasteiger charge is 2.47. The zero-order valence-corrected chi connectivity index (χ0v) is 21.5. The van der Waals surface area contributed by atoms with Gasteiger partial charge in [-0.15, -0.1) is 0 Å². The Morgan fingerprint density at radius 3 is 2.19 bits per heavy atom. The van der Waals surface area contributed by atoms with Gasteiger partial charge in [-0.25, -0.2) is 0 Å². The molecule has 1 heterocycles. The van der Waals surface area contributed by atoms with Crippen molar-refractivity contribution in [3.63, 3.8) is 0 Å². The van der Waals surface area contributed by atoms with Crippen LogP contribution in [-0.4, -0.2) is 29.8 Å². The number of Topliss-reactive ketones (excluding diaryl/α,β-unsaturated/α-hetero) is 1. The Morgan fingerprint density at radius 2 is 1.62 bits per heavy atom. The van der Waals surface area contributed by atoms with Crippen LogP contribution in [0.4, 0.5) is 11.4 Å². The van der Waals surface area contributed by atoms with E-state index in [1.54, 1.807) is 49.6 Å². The molecule has 0 aromatic heterocycles. The fraction of sp³-hybridized carbons (Fsp3) is 0.233. The van der Waals surface area contributed by atoms with Gasteiger partial charge in [-0.3, -0.25) is 19.3 Å². The summed E-state index contributed by atoms with van der Waals surface area (Å²) in [5.74, 6) is -1.31. The van der Waals surface area contributed by atoms with Gasteiger partial charge in [0.25, 0.3) is 11.7 Å². The van der Waals surface area contributed by atoms with Crippen LogP contribution in [0.15, 0.2) is 78.4 Å². The predicted octanol–water partition coefficient (Wildman–Crippen LogP) is 5.58. The number of nitrogens with zero attached hydrogens (tertiary/aromatic N) is 1. The number of hydrogen-bond donors (Lipinski definition) is 2. The third-order valence-corrected chi connectivity index (χ3v) is 6.31. The standard InChI is InChI=1S/C30H30N2O5/c1-18(33)31-21-12-14-22(15-13-21)32-26(19-9-7-6-8-10-19)25(28(35)29(32)36)27(34)20-11-16-24(37-5)23(17-20)30(2,3)4/h6-17,26,34H,1-5H3,(H,31,33)/b27-25-. The molecule has 7 heteroatoms. The lowest BCUT2D eigenvalue weighted by Gasteiger charge is -2.26. The number of aliphatic hydroxyl groups excluding tert-OH is 1. The van der Waals surface area contributed by atoms with E-state index in [9.17, 15) is 19.5 Å². The van der Waals surface area contributed by atoms with Gasteiger partial charge in [-0.2, -0.15) is 0 Å². The van der Waals surface area contributed by atoms with E-state index in [-0.39, 0.29) is 22.7 Å². The Morgan fingerprint density at radius 1 is 0.973 bits per heavy atom. The fourth-order valence-electron chi connectivity index (χ4n) is 4.56. The summed E-state index contributed by atoms with van der Waals surface area (Å²) in [5, 5.41) is 14.2. The largest absolute Gasteiger partial charge is 0.507 e. The average Bonchev–Trinajstić information content (AvgIpc) is 3.13. The zero-order valence-electron chi connectivity index (χ0n) is 21.5. The van der Waals surface area contributed by atoms with Gasteiger partial charge in [0.2, 0.25) is 5.91 Å². The van der Waals surface area contributed by atoms with Crippen LogP contribution in [0, 0.1) is 0 Å². The molecule has 7 nitrogen and oxygen atoms in total. The summed E-state index contributed by atoms with van der Waals surface area (Å²) in [4.78, 5) is 39.6. The third kappa shape index (κ3) is 4.98. The van der Waals surface area contributed by atoms with Crippen molar-refractivity contribution in [2.75, 3.05) is 17.3 Å². The molecule has 190 valence electrons. The number of rotatable bonds is 5. The second-order valence-electron chi connectivity index (χ2n) is 9.97. The van der Waals surface area contributed by atoms with E-state index in [0.29, 0.717) is 28.3 Å². The quantitative estimate of drug-likeness (QED) is 0.272. The molecular weight excluding hydrogens is 468 g/mol. The molecule has 0 radical (unpaired) electrons. The van der Waals surface area contributed by atoms with E-state index < -0.39 is 17.7 Å². The van der Waals surface area contributed by atoms with Crippen LogP contribution >= 0.6 is 0 Å². The van der Waals surface area contributed by atoms with Crippen LogP contribution in [0.5, 0.6) is 5.75 Å². The number of methoxy groups -OCH3 is 1. The smallest absolute Gasteiger partial charge is 0.300 e. The lowest BCUT2D eigenvalue weighted by molar-refractivity contribution is -0.132. The van der Waals surface area contributed by atoms with E-state index in [1.165, 1.54) is 11.8 Å². The molecule has 2 amide bonds. The molecule has 2 N–H and O–H groups in total. The number of ether oxygens (including phenoxy) is 1. The van der Waals surface area contributed by atoms with E-state index in [1.807, 2.05) is 51.1 Å². The molecule has 0 bridgehead atoms. The molecule has 1 saturated heterocycles. The van der Waals surface area contributed by atoms with Crippen molar-refractivity contribution in [1.29, 1.82) is 0 Å². The first-order chi connectivity index (χ1) is 17.5. The SMILES string of the molecule is COc1ccc(/C(O)=C2/C(=O)C(=O)N(c3ccc(NC(C)=O)cc3)C2c2ccccc2)cc1C(C)(C)C. The number of nitrogens with one attached hydrogen (secondary N) is 1. The first-order valence-electron chi connectivity index (χ1n) is 12.0. The van der Waals surface area contributed by atoms with Gasteiger partial charge < -0.3 is 15.2 Å². The zero-order chi connectivity index (χ0) is 26.9. The highest BCUT2D eigenvalue weighted by atomic mass is 16.5. The van der Waals surface area contributed by atoms with E-state index in [0.717, 1.165) is 5.56 Å². The number of ketones is 1. The van der Waals surface area contributed by atoms with Crippen molar-refractivity contribution in [3.05, 3.63) is 95.1 Å². The first-order valence-corrected chi connectivity index (χ1v) is 12.0. The minimum absolute atomic E-state index is 0.00663. The number of carbonyl (C=O) groups is 3. The molecule has 1 atom stereocenters. The van der Waals surface area contributed by atoms with Gasteiger partial charge in [0.05, 0.1) is 18.7 Å². The molecular formula is C30H30N2O5. The molecule has 1 unspecified atom stereocenters. The normalized spacial score (nSPS) is 17.1. The number of anilines is 2. The number of amides is 2. The van der Waals surface area contributed by atoms with Crippen molar-refractivity contribution in [2.45, 2.75) is 39.2 Å². The molecule has 0 saturated carbocycles. The second-order valence-corrected chi connectivity index (χ2v) is 9.97. The second kappa shape index (κ2) is 9.93. The van der Waals surface area contributed by atoms with Crippen LogP contribution in [0.1, 0.15) is 50.4 Å². The molecule has 4 rings (SSSR count). The maximum atomic E-state index is 13.4. The van der Waals surface area contributed by atoms with Crippen LogP contribution in [0.25, 0.3) is 5.76 Å². The predicted molar refractivity (Wildman–Crippen MR) is 144 cm³/mol. The molecule has 1 aliphatic rings. The highest BCUT2D eigenvalue weighted by Crippen LogP contribution is 2.43. The topological polar surface area (TPSA) is 95.9 Å². The third-order valence-electron chi connectivity index (χ3n) is 6.31. The number of aliphatic hydroxyl groups is 1. The van der Waals surface area contributed by atoms with Crippen LogP contribution in [0.3, 0.4) is 0 Å². The minimum atomic E-state index is -0.840. The van der Waals surface area contributed by atoms with E-state index in [4.69, 9.17) is 4.74 Å². The lowest BCUT2D eigenvalue weighted by Crippen LogP contribution is -2.29. The van der Waals surface area contributed by atoms with Gasteiger partial charge in [0.1, 0.15) is 11.5 Å². The lowest BCUT2D eigenvalue weighted by atomic mass is 9.84. The van der Waals surface area contributed by atoms with Gasteiger partial charge in [-0.05, 0) is 53.4 Å². The van der Waals surface area contributed by atoms with Gasteiger partial charge >= 0.3 is 0 Å². The number of carbonyl (C=O) groups excluding carboxylic acids is 3. The summed E-state index contributed by atoms with van der Waals surface area (Å²) >= 11 is 0. The van der Waals surface area contributed by atoms with E-state index >= 15 is 0 Å². The van der Waals surface area contributed by atoms with Crippen molar-refractivity contribution in [2.24, 2.45) is 0 Å². The molecule has 3 aromatic rings. The molecule has 3 aromatic carbocycles. The van der Waals surface area contributed by atoms with Gasteiger partial charge in [-0.1, -0.05) is 51.1 Å². The summed E-state index contributed by atoms with van der Waals surface area (Å²) in [6.07, 6.45) is 0. The van der Waals surface area contributed by atoms with Crippen molar-refractivity contribution in [1.82, 2.24) is 0 Å². The molecule has 0 spiro atoms. The monoisotopic (exact) mass is 498 g/mol. The minimum Gasteiger partial charge on any atom is -0.507 e. The molecule has 0 aliphatic carbocycles. The number of benzene rings is 3. The summed E-state index contributed by atoms with van der Waals surface area (Å²) in [5.41, 5.74) is 2.71. The van der Waals surface area contributed by atoms with Crippen molar-refractivity contribution >= 4 is 34.7 Å². The van der Waals surface area contributed by atoms with Crippen LogP contribution in [0.2, 0.25) is 0 Å². The Bertz CT molecular complexity index is 1390. The summed E-state index contributed by atoms with van der Waals surface area (Å²) in [7, 11) is 1.59. The highest BCUT2D eigenvalue weighted by molar-refractivity contribution is 6.51. The summed E-state index contributed by atoms with van der Waals surface area (Å²) < 4.78 is 5.52. The maximum Gasteiger partial charge on any atom is 0.300 e. The Balaban J connectivity index is 1.89. The maximum absolute atomic E-state index is 13.4. The van der Waals surface area contributed by atoms with Crippen LogP contribution in [-0.2, 0) is 19.8 Å². The Hall–Kier alpha value is -4.39.